The molecule has 1 atom stereocenters. The van der Waals surface area contributed by atoms with Crippen LogP contribution in [0.3, 0.4) is 0 Å². The van der Waals surface area contributed by atoms with Crippen molar-refractivity contribution in [3.8, 4) is 5.75 Å². The molecule has 1 aliphatic rings. The van der Waals surface area contributed by atoms with E-state index in [4.69, 9.17) is 4.74 Å². The molecular formula is C15H21NO3. The van der Waals surface area contributed by atoms with Crippen LogP contribution in [-0.4, -0.2) is 30.8 Å². The lowest BCUT2D eigenvalue weighted by Crippen LogP contribution is -2.34. The maximum atomic E-state index is 11.4. The standard InChI is InChI=1S/C15H21NO3/c1-10(2)13-5-4-8-16(13)14-9-11(19-3)6-7-12(14)15(17)18/h6-7,9-10,13H,4-5,8H2,1-3H3,(H,17,18). The van der Waals surface area contributed by atoms with Gasteiger partial charge in [-0.2, -0.15) is 0 Å². The number of hydrogen-bond donors (Lipinski definition) is 1. The molecule has 1 heterocycles. The van der Waals surface area contributed by atoms with Crippen molar-refractivity contribution in [2.45, 2.75) is 32.7 Å². The van der Waals surface area contributed by atoms with E-state index in [-0.39, 0.29) is 0 Å². The SMILES string of the molecule is COc1ccc(C(=O)O)c(N2CCCC2C(C)C)c1. The molecule has 4 heteroatoms. The first-order chi connectivity index (χ1) is 9.04. The summed E-state index contributed by atoms with van der Waals surface area (Å²) in [5.74, 6) is 0.330. The zero-order valence-electron chi connectivity index (χ0n) is 11.7. The first-order valence-corrected chi connectivity index (χ1v) is 6.72. The predicted octanol–water partition coefficient (Wildman–Crippen LogP) is 3.02. The minimum atomic E-state index is -0.882. The van der Waals surface area contributed by atoms with Crippen LogP contribution in [0.2, 0.25) is 0 Å². The van der Waals surface area contributed by atoms with Crippen LogP contribution >= 0.6 is 0 Å². The van der Waals surface area contributed by atoms with Crippen molar-refractivity contribution in [3.05, 3.63) is 23.8 Å². The summed E-state index contributed by atoms with van der Waals surface area (Å²) < 4.78 is 5.23. The highest BCUT2D eigenvalue weighted by molar-refractivity contribution is 5.95. The molecule has 0 aliphatic carbocycles. The zero-order valence-corrected chi connectivity index (χ0v) is 11.7. The van der Waals surface area contributed by atoms with E-state index in [2.05, 4.69) is 18.7 Å². The molecule has 0 radical (unpaired) electrons. The van der Waals surface area contributed by atoms with Crippen molar-refractivity contribution in [1.82, 2.24) is 0 Å². The zero-order chi connectivity index (χ0) is 14.0. The van der Waals surface area contributed by atoms with Gasteiger partial charge in [0.2, 0.25) is 0 Å². The first kappa shape index (κ1) is 13.7. The predicted molar refractivity (Wildman–Crippen MR) is 75.2 cm³/mol. The molecule has 0 spiro atoms. The molecule has 1 fully saturated rings. The summed E-state index contributed by atoms with van der Waals surface area (Å²) in [6.07, 6.45) is 2.23. The number of aromatic carboxylic acids is 1. The average molecular weight is 263 g/mol. The normalized spacial score (nSPS) is 18.9. The highest BCUT2D eigenvalue weighted by Crippen LogP contribution is 2.34. The van der Waals surface area contributed by atoms with Crippen LogP contribution in [0.1, 0.15) is 37.0 Å². The number of carboxylic acids is 1. The number of anilines is 1. The average Bonchev–Trinajstić information content (AvgIpc) is 2.87. The molecule has 2 rings (SSSR count). The molecule has 1 aromatic rings. The van der Waals surface area contributed by atoms with E-state index in [1.807, 2.05) is 6.07 Å². The number of benzene rings is 1. The van der Waals surface area contributed by atoms with Gasteiger partial charge >= 0.3 is 5.97 Å². The van der Waals surface area contributed by atoms with E-state index in [1.54, 1.807) is 19.2 Å². The molecule has 1 aliphatic heterocycles. The van der Waals surface area contributed by atoms with Crippen LogP contribution in [0.15, 0.2) is 18.2 Å². The maximum absolute atomic E-state index is 11.4. The largest absolute Gasteiger partial charge is 0.497 e. The van der Waals surface area contributed by atoms with Crippen LogP contribution in [-0.2, 0) is 0 Å². The highest BCUT2D eigenvalue weighted by Gasteiger charge is 2.30. The highest BCUT2D eigenvalue weighted by atomic mass is 16.5. The minimum absolute atomic E-state index is 0.355. The van der Waals surface area contributed by atoms with E-state index < -0.39 is 5.97 Å². The number of rotatable bonds is 4. The summed E-state index contributed by atoms with van der Waals surface area (Å²) in [5, 5.41) is 9.35. The molecule has 0 saturated carbocycles. The Morgan fingerprint density at radius 3 is 2.79 bits per heavy atom. The second-order valence-corrected chi connectivity index (χ2v) is 5.34. The number of nitrogens with zero attached hydrogens (tertiary/aromatic N) is 1. The van der Waals surface area contributed by atoms with Crippen molar-refractivity contribution in [2.24, 2.45) is 5.92 Å². The van der Waals surface area contributed by atoms with Gasteiger partial charge in [0.05, 0.1) is 18.4 Å². The van der Waals surface area contributed by atoms with Gasteiger partial charge in [-0.3, -0.25) is 0 Å². The smallest absolute Gasteiger partial charge is 0.337 e. The molecule has 0 amide bonds. The van der Waals surface area contributed by atoms with Gasteiger partial charge in [0.25, 0.3) is 0 Å². The Bertz CT molecular complexity index is 470. The van der Waals surface area contributed by atoms with Gasteiger partial charge in [-0.05, 0) is 30.9 Å². The lowest BCUT2D eigenvalue weighted by molar-refractivity contribution is 0.0697. The van der Waals surface area contributed by atoms with E-state index >= 15 is 0 Å². The lowest BCUT2D eigenvalue weighted by atomic mass is 10.0. The van der Waals surface area contributed by atoms with Gasteiger partial charge in [0.1, 0.15) is 5.75 Å². The Morgan fingerprint density at radius 2 is 2.21 bits per heavy atom. The molecule has 4 nitrogen and oxygen atoms in total. The van der Waals surface area contributed by atoms with Crippen LogP contribution < -0.4 is 9.64 Å². The third-order valence-electron chi connectivity index (χ3n) is 3.81. The van der Waals surface area contributed by atoms with Crippen LogP contribution in [0.25, 0.3) is 0 Å². The Kier molecular flexibility index (Phi) is 3.98. The van der Waals surface area contributed by atoms with E-state index in [9.17, 15) is 9.90 Å². The van der Waals surface area contributed by atoms with Crippen LogP contribution in [0.4, 0.5) is 5.69 Å². The van der Waals surface area contributed by atoms with Gasteiger partial charge in [-0.1, -0.05) is 13.8 Å². The Hall–Kier alpha value is -1.71. The molecule has 0 bridgehead atoms. The van der Waals surface area contributed by atoms with Gasteiger partial charge in [-0.25, -0.2) is 4.79 Å². The van der Waals surface area contributed by atoms with Crippen molar-refractivity contribution >= 4 is 11.7 Å². The number of hydrogen-bond acceptors (Lipinski definition) is 3. The number of ether oxygens (including phenoxy) is 1. The lowest BCUT2D eigenvalue weighted by Gasteiger charge is -2.31. The Balaban J connectivity index is 2.43. The number of carboxylic acid groups (broad SMARTS) is 1. The fourth-order valence-corrected chi connectivity index (χ4v) is 2.84. The monoisotopic (exact) mass is 263 g/mol. The van der Waals surface area contributed by atoms with E-state index in [1.165, 1.54) is 0 Å². The quantitative estimate of drug-likeness (QED) is 0.907. The molecule has 1 unspecified atom stereocenters. The van der Waals surface area contributed by atoms with Crippen molar-refractivity contribution in [3.63, 3.8) is 0 Å². The summed E-state index contributed by atoms with van der Waals surface area (Å²) in [4.78, 5) is 13.6. The Morgan fingerprint density at radius 1 is 1.47 bits per heavy atom. The summed E-state index contributed by atoms with van der Waals surface area (Å²) >= 11 is 0. The maximum Gasteiger partial charge on any atom is 0.337 e. The van der Waals surface area contributed by atoms with Crippen LogP contribution in [0.5, 0.6) is 5.75 Å². The van der Waals surface area contributed by atoms with Crippen molar-refractivity contribution in [1.29, 1.82) is 0 Å². The second-order valence-electron chi connectivity index (χ2n) is 5.34. The summed E-state index contributed by atoms with van der Waals surface area (Å²) in [6.45, 7) is 5.28. The van der Waals surface area contributed by atoms with Crippen LogP contribution in [0, 0.1) is 5.92 Å². The topological polar surface area (TPSA) is 49.8 Å². The third kappa shape index (κ3) is 2.67. The molecule has 19 heavy (non-hydrogen) atoms. The number of carbonyl (C=O) groups is 1. The fourth-order valence-electron chi connectivity index (χ4n) is 2.84. The fraction of sp³-hybridized carbons (Fsp3) is 0.533. The minimum Gasteiger partial charge on any atom is -0.497 e. The molecule has 1 N–H and O–H groups in total. The molecule has 0 aromatic heterocycles. The third-order valence-corrected chi connectivity index (χ3v) is 3.81. The van der Waals surface area contributed by atoms with Gasteiger partial charge in [0, 0.05) is 18.7 Å². The molecule has 104 valence electrons. The first-order valence-electron chi connectivity index (χ1n) is 6.72. The van der Waals surface area contributed by atoms with Gasteiger partial charge in [-0.15, -0.1) is 0 Å². The summed E-state index contributed by atoms with van der Waals surface area (Å²) in [6, 6.07) is 5.58. The van der Waals surface area contributed by atoms with E-state index in [0.29, 0.717) is 23.3 Å². The number of methoxy groups -OCH3 is 1. The molecule has 1 aromatic carbocycles. The molecular weight excluding hydrogens is 242 g/mol. The Labute approximate surface area is 114 Å². The van der Waals surface area contributed by atoms with E-state index in [0.717, 1.165) is 25.1 Å². The summed E-state index contributed by atoms with van der Waals surface area (Å²) in [7, 11) is 1.60. The van der Waals surface area contributed by atoms with Gasteiger partial charge < -0.3 is 14.7 Å². The molecule has 1 saturated heterocycles. The van der Waals surface area contributed by atoms with Crippen molar-refractivity contribution < 1.29 is 14.6 Å². The van der Waals surface area contributed by atoms with Crippen molar-refractivity contribution in [2.75, 3.05) is 18.6 Å². The van der Waals surface area contributed by atoms with Gasteiger partial charge in [0.15, 0.2) is 0 Å². The second kappa shape index (κ2) is 5.51. The summed E-state index contributed by atoms with van der Waals surface area (Å²) in [5.41, 5.74) is 1.14.